The maximum absolute atomic E-state index is 12.5. The van der Waals surface area contributed by atoms with Gasteiger partial charge < -0.3 is 4.74 Å². The normalized spacial score (nSPS) is 18.6. The van der Waals surface area contributed by atoms with Crippen LogP contribution in [0.5, 0.6) is 0 Å². The summed E-state index contributed by atoms with van der Waals surface area (Å²) in [6.45, 7) is 14.1. The number of carbonyl (C=O) groups is 1. The molecule has 1 aromatic rings. The van der Waals surface area contributed by atoms with E-state index in [1.165, 1.54) is 24.8 Å². The Kier molecular flexibility index (Phi) is 6.44. The molecule has 2 heterocycles. The van der Waals surface area contributed by atoms with Gasteiger partial charge in [0.05, 0.1) is 0 Å². The molecule has 1 aliphatic heterocycles. The highest BCUT2D eigenvalue weighted by molar-refractivity contribution is 5.87. The van der Waals surface area contributed by atoms with E-state index in [0.717, 1.165) is 13.1 Å². The molecule has 0 spiro atoms. The van der Waals surface area contributed by atoms with Crippen LogP contribution in [0.15, 0.2) is 18.3 Å². The predicted molar refractivity (Wildman–Crippen MR) is 102 cm³/mol. The summed E-state index contributed by atoms with van der Waals surface area (Å²) in [5.74, 6) is 0.646. The molecule has 5 heteroatoms. The first-order valence-corrected chi connectivity index (χ1v) is 9.45. The molecule has 0 saturated carbocycles. The van der Waals surface area contributed by atoms with Crippen LogP contribution >= 0.6 is 0 Å². The highest BCUT2D eigenvalue weighted by atomic mass is 16.6. The third-order valence-corrected chi connectivity index (χ3v) is 4.38. The third kappa shape index (κ3) is 5.18. The molecule has 1 saturated heterocycles. The minimum atomic E-state index is -0.519. The Bertz CT molecular complexity index is 563. The van der Waals surface area contributed by atoms with Gasteiger partial charge in [0.1, 0.15) is 11.4 Å². The van der Waals surface area contributed by atoms with Crippen molar-refractivity contribution in [3.63, 3.8) is 0 Å². The van der Waals surface area contributed by atoms with E-state index in [9.17, 15) is 4.79 Å². The second-order valence-electron chi connectivity index (χ2n) is 8.09. The zero-order valence-electron chi connectivity index (χ0n) is 16.6. The Hall–Kier alpha value is -1.62. The number of hydrogen-bond donors (Lipinski definition) is 0. The largest absolute Gasteiger partial charge is 0.443 e. The number of ether oxygens (including phenoxy) is 1. The SMILES string of the molecule is CCCN1CCC[C@@H]1c1ccc(N(C(=O)OC(C)(C)C)C(C)C)nc1. The highest BCUT2D eigenvalue weighted by Crippen LogP contribution is 2.32. The first-order valence-electron chi connectivity index (χ1n) is 9.45. The van der Waals surface area contributed by atoms with E-state index in [-0.39, 0.29) is 12.1 Å². The van der Waals surface area contributed by atoms with Crippen molar-refractivity contribution in [1.29, 1.82) is 0 Å². The fraction of sp³-hybridized carbons (Fsp3) is 0.700. The quantitative estimate of drug-likeness (QED) is 0.769. The number of nitrogens with zero attached hydrogens (tertiary/aromatic N) is 3. The molecule has 1 aliphatic rings. The lowest BCUT2D eigenvalue weighted by Crippen LogP contribution is -2.41. The molecule has 0 bridgehead atoms. The number of pyridine rings is 1. The van der Waals surface area contributed by atoms with Crippen LogP contribution in [0.3, 0.4) is 0 Å². The maximum Gasteiger partial charge on any atom is 0.416 e. The third-order valence-electron chi connectivity index (χ3n) is 4.38. The highest BCUT2D eigenvalue weighted by Gasteiger charge is 2.28. The van der Waals surface area contributed by atoms with E-state index in [1.807, 2.05) is 46.9 Å². The Labute approximate surface area is 152 Å². The van der Waals surface area contributed by atoms with Gasteiger partial charge in [-0.25, -0.2) is 9.78 Å². The smallest absolute Gasteiger partial charge is 0.416 e. The van der Waals surface area contributed by atoms with E-state index in [0.29, 0.717) is 11.9 Å². The molecule has 1 atom stereocenters. The van der Waals surface area contributed by atoms with Gasteiger partial charge >= 0.3 is 6.09 Å². The van der Waals surface area contributed by atoms with Gasteiger partial charge in [0.15, 0.2) is 0 Å². The second kappa shape index (κ2) is 8.17. The molecule has 0 aromatic carbocycles. The molecule has 1 fully saturated rings. The van der Waals surface area contributed by atoms with E-state index >= 15 is 0 Å². The monoisotopic (exact) mass is 347 g/mol. The van der Waals surface area contributed by atoms with Crippen LogP contribution in [0.2, 0.25) is 0 Å². The summed E-state index contributed by atoms with van der Waals surface area (Å²) in [6.07, 6.45) is 5.16. The van der Waals surface area contributed by atoms with E-state index in [1.54, 1.807) is 4.90 Å². The summed E-state index contributed by atoms with van der Waals surface area (Å²) in [6, 6.07) is 4.49. The number of amides is 1. The molecule has 1 aromatic heterocycles. The van der Waals surface area contributed by atoms with Crippen molar-refractivity contribution < 1.29 is 9.53 Å². The summed E-state index contributed by atoms with van der Waals surface area (Å²) in [5.41, 5.74) is 0.719. The standard InChI is InChI=1S/C20H33N3O2/c1-7-12-22-13-8-9-17(22)16-10-11-18(21-14-16)23(15(2)3)19(24)25-20(4,5)6/h10-11,14-15,17H,7-9,12-13H2,1-6H3/t17-/m1/s1. The summed E-state index contributed by atoms with van der Waals surface area (Å²) in [4.78, 5) is 21.3. The Balaban J connectivity index is 2.17. The van der Waals surface area contributed by atoms with Gasteiger partial charge in [-0.2, -0.15) is 0 Å². The van der Waals surface area contributed by atoms with Crippen molar-refractivity contribution in [2.75, 3.05) is 18.0 Å². The zero-order chi connectivity index (χ0) is 18.6. The van der Waals surface area contributed by atoms with Gasteiger partial charge in [0, 0.05) is 18.3 Å². The Morgan fingerprint density at radius 1 is 1.40 bits per heavy atom. The van der Waals surface area contributed by atoms with Crippen LogP contribution in [0, 0.1) is 0 Å². The summed E-state index contributed by atoms with van der Waals surface area (Å²) in [5, 5.41) is 0. The van der Waals surface area contributed by atoms with E-state index in [4.69, 9.17) is 4.74 Å². The van der Waals surface area contributed by atoms with E-state index in [2.05, 4.69) is 22.9 Å². The molecule has 0 aliphatic carbocycles. The lowest BCUT2D eigenvalue weighted by molar-refractivity contribution is 0.0569. The van der Waals surface area contributed by atoms with Gasteiger partial charge in [-0.1, -0.05) is 13.0 Å². The van der Waals surface area contributed by atoms with E-state index < -0.39 is 5.60 Å². The molecular weight excluding hydrogens is 314 g/mol. The Morgan fingerprint density at radius 2 is 2.12 bits per heavy atom. The van der Waals surface area contributed by atoms with Crippen LogP contribution in [0.4, 0.5) is 10.6 Å². The van der Waals surface area contributed by atoms with Crippen molar-refractivity contribution in [1.82, 2.24) is 9.88 Å². The van der Waals surface area contributed by atoms with Crippen LogP contribution in [-0.4, -0.2) is 40.7 Å². The first kappa shape index (κ1) is 19.7. The molecule has 5 nitrogen and oxygen atoms in total. The average molecular weight is 348 g/mol. The minimum absolute atomic E-state index is 0.0173. The molecule has 0 unspecified atom stereocenters. The summed E-state index contributed by atoms with van der Waals surface area (Å²) >= 11 is 0. The molecule has 0 N–H and O–H groups in total. The number of aromatic nitrogens is 1. The van der Waals surface area contributed by atoms with Crippen molar-refractivity contribution in [3.8, 4) is 0 Å². The zero-order valence-corrected chi connectivity index (χ0v) is 16.6. The lowest BCUT2D eigenvalue weighted by atomic mass is 10.1. The second-order valence-corrected chi connectivity index (χ2v) is 8.09. The lowest BCUT2D eigenvalue weighted by Gasteiger charge is -2.30. The number of carbonyl (C=O) groups excluding carboxylic acids is 1. The number of hydrogen-bond acceptors (Lipinski definition) is 4. The fourth-order valence-corrected chi connectivity index (χ4v) is 3.38. The number of anilines is 1. The predicted octanol–water partition coefficient (Wildman–Crippen LogP) is 4.78. The fourth-order valence-electron chi connectivity index (χ4n) is 3.38. The average Bonchev–Trinajstić information content (AvgIpc) is 2.94. The van der Waals surface area contributed by atoms with Crippen molar-refractivity contribution >= 4 is 11.9 Å². The van der Waals surface area contributed by atoms with Gasteiger partial charge in [0.2, 0.25) is 0 Å². The van der Waals surface area contributed by atoms with Crippen molar-refractivity contribution in [2.24, 2.45) is 0 Å². The molecule has 2 rings (SSSR count). The van der Waals surface area contributed by atoms with Gasteiger partial charge in [0.25, 0.3) is 0 Å². The molecule has 1 amide bonds. The number of rotatable bonds is 5. The Morgan fingerprint density at radius 3 is 2.64 bits per heavy atom. The van der Waals surface area contributed by atoms with Gasteiger partial charge in [-0.05, 0) is 78.6 Å². The molecular formula is C20H33N3O2. The molecule has 0 radical (unpaired) electrons. The first-order chi connectivity index (χ1) is 11.7. The van der Waals surface area contributed by atoms with Gasteiger partial charge in [-0.15, -0.1) is 0 Å². The minimum Gasteiger partial charge on any atom is -0.443 e. The summed E-state index contributed by atoms with van der Waals surface area (Å²) in [7, 11) is 0. The topological polar surface area (TPSA) is 45.7 Å². The van der Waals surface area contributed by atoms with Crippen LogP contribution in [-0.2, 0) is 4.74 Å². The van der Waals surface area contributed by atoms with Gasteiger partial charge in [-0.3, -0.25) is 9.80 Å². The van der Waals surface area contributed by atoms with Crippen LogP contribution in [0.1, 0.15) is 72.4 Å². The van der Waals surface area contributed by atoms with Crippen molar-refractivity contribution in [3.05, 3.63) is 23.9 Å². The summed E-state index contributed by atoms with van der Waals surface area (Å²) < 4.78 is 5.53. The molecule has 25 heavy (non-hydrogen) atoms. The number of likely N-dealkylation sites (tertiary alicyclic amines) is 1. The molecule has 140 valence electrons. The van der Waals surface area contributed by atoms with Crippen LogP contribution in [0.25, 0.3) is 0 Å². The van der Waals surface area contributed by atoms with Crippen molar-refractivity contribution in [2.45, 2.75) is 78.5 Å². The van der Waals surface area contributed by atoms with Crippen LogP contribution < -0.4 is 4.90 Å². The maximum atomic E-state index is 12.5.